The van der Waals surface area contributed by atoms with E-state index in [0.29, 0.717) is 23.8 Å². The summed E-state index contributed by atoms with van der Waals surface area (Å²) in [5.74, 6) is 0.992. The van der Waals surface area contributed by atoms with Crippen molar-refractivity contribution in [2.45, 2.75) is 32.2 Å². The lowest BCUT2D eigenvalue weighted by Gasteiger charge is -2.32. The first-order valence-electron chi connectivity index (χ1n) is 10.8. The number of halogens is 1. The molecule has 30 heavy (non-hydrogen) atoms. The fourth-order valence-corrected chi connectivity index (χ4v) is 4.48. The predicted octanol–water partition coefficient (Wildman–Crippen LogP) is 3.52. The number of hydrogen-bond donors (Lipinski definition) is 2. The number of anilines is 1. The second-order valence-corrected chi connectivity index (χ2v) is 8.23. The first kappa shape index (κ1) is 20.7. The van der Waals surface area contributed by atoms with E-state index in [1.54, 1.807) is 13.2 Å². The number of hydrogen-bond acceptors (Lipinski definition) is 4. The van der Waals surface area contributed by atoms with Crippen molar-refractivity contribution in [3.05, 3.63) is 58.9 Å². The molecule has 0 unspecified atom stereocenters. The number of nitrogens with one attached hydrogen (secondary N) is 2. The van der Waals surface area contributed by atoms with E-state index in [1.165, 1.54) is 17.7 Å². The van der Waals surface area contributed by atoms with Gasteiger partial charge in [0, 0.05) is 36.4 Å². The first-order chi connectivity index (χ1) is 14.6. The molecule has 5 nitrogen and oxygen atoms in total. The topological polar surface area (TPSA) is 53.6 Å². The molecule has 2 aliphatic rings. The maximum absolute atomic E-state index is 13.8. The third kappa shape index (κ3) is 4.75. The van der Waals surface area contributed by atoms with Crippen LogP contribution in [0.3, 0.4) is 0 Å². The molecule has 1 fully saturated rings. The predicted molar refractivity (Wildman–Crippen MR) is 117 cm³/mol. The van der Waals surface area contributed by atoms with Gasteiger partial charge in [-0.3, -0.25) is 4.79 Å². The number of piperidine rings is 1. The Morgan fingerprint density at radius 3 is 2.87 bits per heavy atom. The third-order valence-corrected chi connectivity index (χ3v) is 6.17. The van der Waals surface area contributed by atoms with Crippen LogP contribution in [0, 0.1) is 11.7 Å². The highest BCUT2D eigenvalue weighted by Crippen LogP contribution is 2.31. The molecule has 0 bridgehead atoms. The molecule has 2 heterocycles. The van der Waals surface area contributed by atoms with Gasteiger partial charge in [0.1, 0.15) is 11.6 Å². The summed E-state index contributed by atoms with van der Waals surface area (Å²) < 4.78 is 19.2. The number of rotatable bonds is 6. The van der Waals surface area contributed by atoms with Gasteiger partial charge in [-0.1, -0.05) is 0 Å². The fraction of sp³-hybridized carbons (Fsp3) is 0.458. The molecule has 0 aromatic heterocycles. The second-order valence-electron chi connectivity index (χ2n) is 8.23. The maximum atomic E-state index is 13.8. The molecule has 0 spiro atoms. The van der Waals surface area contributed by atoms with Gasteiger partial charge in [-0.25, -0.2) is 4.39 Å². The average Bonchev–Trinajstić information content (AvgIpc) is 2.78. The highest BCUT2D eigenvalue weighted by Gasteiger charge is 2.21. The highest BCUT2D eigenvalue weighted by molar-refractivity contribution is 5.95. The Hall–Kier alpha value is -2.60. The average molecular weight is 412 g/mol. The van der Waals surface area contributed by atoms with Gasteiger partial charge in [0.15, 0.2) is 0 Å². The standard InChI is InChI=1S/C24H30FN3O2/c1-30-23-7-5-21(25)14-20(23)16-28-12-2-3-18-13-19(4-6-22(18)28)24(29)27-15-17-8-10-26-11-9-17/h4-7,13-14,17,26H,2-3,8-12,15-16H2,1H3,(H,27,29). The lowest BCUT2D eigenvalue weighted by atomic mass is 9.97. The molecule has 0 atom stereocenters. The van der Waals surface area contributed by atoms with E-state index in [9.17, 15) is 9.18 Å². The van der Waals surface area contributed by atoms with Crippen LogP contribution in [0.2, 0.25) is 0 Å². The molecular weight excluding hydrogens is 381 g/mol. The van der Waals surface area contributed by atoms with Crippen LogP contribution in [-0.2, 0) is 13.0 Å². The monoisotopic (exact) mass is 411 g/mol. The Kier molecular flexibility index (Phi) is 6.53. The van der Waals surface area contributed by atoms with Crippen LogP contribution in [0.4, 0.5) is 10.1 Å². The van der Waals surface area contributed by atoms with Gasteiger partial charge in [0.2, 0.25) is 0 Å². The Balaban J connectivity index is 1.46. The minimum Gasteiger partial charge on any atom is -0.496 e. The number of nitrogens with zero attached hydrogens (tertiary/aromatic N) is 1. The van der Waals surface area contributed by atoms with E-state index in [2.05, 4.69) is 15.5 Å². The number of methoxy groups -OCH3 is 1. The second kappa shape index (κ2) is 9.47. The number of benzene rings is 2. The molecule has 0 radical (unpaired) electrons. The summed E-state index contributed by atoms with van der Waals surface area (Å²) in [6.07, 6.45) is 4.18. The van der Waals surface area contributed by atoms with Crippen molar-refractivity contribution in [2.24, 2.45) is 5.92 Å². The highest BCUT2D eigenvalue weighted by atomic mass is 19.1. The molecule has 1 amide bonds. The summed E-state index contributed by atoms with van der Waals surface area (Å²) in [6.45, 7) is 4.28. The molecule has 2 aromatic rings. The lowest BCUT2D eigenvalue weighted by Crippen LogP contribution is -2.36. The number of carbonyl (C=O) groups excluding carboxylic acids is 1. The van der Waals surface area contributed by atoms with Gasteiger partial charge < -0.3 is 20.3 Å². The zero-order chi connectivity index (χ0) is 20.9. The summed E-state index contributed by atoms with van der Waals surface area (Å²) in [4.78, 5) is 14.9. The Bertz CT molecular complexity index is 896. The molecule has 0 aliphatic carbocycles. The van der Waals surface area contributed by atoms with Crippen LogP contribution in [0.5, 0.6) is 5.75 Å². The van der Waals surface area contributed by atoms with Crippen molar-refractivity contribution in [3.8, 4) is 5.75 Å². The van der Waals surface area contributed by atoms with Gasteiger partial charge in [0.05, 0.1) is 7.11 Å². The van der Waals surface area contributed by atoms with E-state index in [4.69, 9.17) is 4.74 Å². The quantitative estimate of drug-likeness (QED) is 0.764. The number of amides is 1. The van der Waals surface area contributed by atoms with Crippen LogP contribution in [0.1, 0.15) is 40.7 Å². The van der Waals surface area contributed by atoms with Crippen LogP contribution in [0.25, 0.3) is 0 Å². The van der Waals surface area contributed by atoms with Crippen LogP contribution in [0.15, 0.2) is 36.4 Å². The van der Waals surface area contributed by atoms with Crippen molar-refractivity contribution >= 4 is 11.6 Å². The van der Waals surface area contributed by atoms with E-state index in [1.807, 2.05) is 18.2 Å². The molecule has 2 aromatic carbocycles. The van der Waals surface area contributed by atoms with Crippen molar-refractivity contribution in [3.63, 3.8) is 0 Å². The van der Waals surface area contributed by atoms with Crippen LogP contribution >= 0.6 is 0 Å². The molecule has 1 saturated heterocycles. The Morgan fingerprint density at radius 2 is 2.07 bits per heavy atom. The summed E-state index contributed by atoms with van der Waals surface area (Å²) >= 11 is 0. The van der Waals surface area contributed by atoms with E-state index >= 15 is 0 Å². The smallest absolute Gasteiger partial charge is 0.251 e. The zero-order valence-corrected chi connectivity index (χ0v) is 17.5. The number of carbonyl (C=O) groups is 1. The zero-order valence-electron chi connectivity index (χ0n) is 17.5. The normalized spacial score (nSPS) is 16.8. The molecular formula is C24H30FN3O2. The van der Waals surface area contributed by atoms with E-state index in [-0.39, 0.29) is 11.7 Å². The number of fused-ring (bicyclic) bond motifs is 1. The molecule has 2 N–H and O–H groups in total. The molecule has 0 saturated carbocycles. The van der Waals surface area contributed by atoms with Crippen LogP contribution < -0.4 is 20.3 Å². The van der Waals surface area contributed by atoms with Gasteiger partial charge in [-0.05, 0) is 86.7 Å². The number of aryl methyl sites for hydroxylation is 1. The molecule has 2 aliphatic heterocycles. The SMILES string of the molecule is COc1ccc(F)cc1CN1CCCc2cc(C(=O)NCC3CCNCC3)ccc21. The molecule has 160 valence electrons. The van der Waals surface area contributed by atoms with Gasteiger partial charge >= 0.3 is 0 Å². The molecule has 4 rings (SSSR count). The van der Waals surface area contributed by atoms with Crippen molar-refractivity contribution in [1.29, 1.82) is 0 Å². The lowest BCUT2D eigenvalue weighted by molar-refractivity contribution is 0.0944. The maximum Gasteiger partial charge on any atom is 0.251 e. The summed E-state index contributed by atoms with van der Waals surface area (Å²) in [5.41, 5.74) is 3.83. The fourth-order valence-electron chi connectivity index (χ4n) is 4.48. The van der Waals surface area contributed by atoms with Crippen LogP contribution in [-0.4, -0.2) is 39.2 Å². The third-order valence-electron chi connectivity index (χ3n) is 6.17. The largest absolute Gasteiger partial charge is 0.496 e. The van der Waals surface area contributed by atoms with Crippen molar-refractivity contribution in [2.75, 3.05) is 38.2 Å². The minimum atomic E-state index is -0.260. The van der Waals surface area contributed by atoms with Gasteiger partial charge in [-0.2, -0.15) is 0 Å². The Morgan fingerprint density at radius 1 is 1.23 bits per heavy atom. The van der Waals surface area contributed by atoms with Crippen molar-refractivity contribution in [1.82, 2.24) is 10.6 Å². The summed E-state index contributed by atoms with van der Waals surface area (Å²) in [5, 5.41) is 6.46. The molecule has 6 heteroatoms. The summed E-state index contributed by atoms with van der Waals surface area (Å²) in [7, 11) is 1.61. The van der Waals surface area contributed by atoms with Crippen molar-refractivity contribution < 1.29 is 13.9 Å². The minimum absolute atomic E-state index is 0.000237. The van der Waals surface area contributed by atoms with Gasteiger partial charge in [-0.15, -0.1) is 0 Å². The van der Waals surface area contributed by atoms with Gasteiger partial charge in [0.25, 0.3) is 5.91 Å². The number of ether oxygens (including phenoxy) is 1. The van der Waals surface area contributed by atoms with E-state index < -0.39 is 0 Å². The Labute approximate surface area is 177 Å². The first-order valence-corrected chi connectivity index (χ1v) is 10.8. The summed E-state index contributed by atoms with van der Waals surface area (Å²) in [6, 6.07) is 10.6. The van der Waals surface area contributed by atoms with E-state index in [0.717, 1.165) is 63.1 Å².